The maximum Gasteiger partial charge on any atom is 0.272 e. The van der Waals surface area contributed by atoms with Crippen molar-refractivity contribution in [1.29, 1.82) is 0 Å². The van der Waals surface area contributed by atoms with Crippen molar-refractivity contribution < 1.29 is 4.79 Å². The lowest BCUT2D eigenvalue weighted by molar-refractivity contribution is 0.0787. The number of amides is 1. The number of carbonyl (C=O) groups excluding carboxylic acids is 1. The third kappa shape index (κ3) is 5.28. The van der Waals surface area contributed by atoms with E-state index in [0.29, 0.717) is 5.69 Å². The summed E-state index contributed by atoms with van der Waals surface area (Å²) in [6.45, 7) is 6.01. The van der Waals surface area contributed by atoms with Crippen LogP contribution in [0.4, 0.5) is 5.69 Å². The van der Waals surface area contributed by atoms with Gasteiger partial charge in [-0.05, 0) is 25.0 Å². The fourth-order valence-corrected chi connectivity index (χ4v) is 1.73. The summed E-state index contributed by atoms with van der Waals surface area (Å²) in [7, 11) is 1.83. The maximum absolute atomic E-state index is 12.1. The van der Waals surface area contributed by atoms with Crippen molar-refractivity contribution >= 4 is 11.6 Å². The molecule has 4 nitrogen and oxygen atoms in total. The van der Waals surface area contributed by atoms with E-state index in [-0.39, 0.29) is 5.91 Å². The van der Waals surface area contributed by atoms with Crippen molar-refractivity contribution in [2.24, 2.45) is 0 Å². The Labute approximate surface area is 116 Å². The Morgan fingerprint density at radius 1 is 1.26 bits per heavy atom. The number of pyridine rings is 1. The van der Waals surface area contributed by atoms with Gasteiger partial charge in [-0.15, -0.1) is 0 Å². The summed E-state index contributed by atoms with van der Waals surface area (Å²) in [6.07, 6.45) is 6.15. The predicted octanol–water partition coefficient (Wildman–Crippen LogP) is 3.17. The molecule has 0 unspecified atom stereocenters. The molecule has 1 aromatic rings. The number of nitrogens with one attached hydrogen (secondary N) is 1. The zero-order chi connectivity index (χ0) is 14.1. The fraction of sp³-hybridized carbons (Fsp3) is 0.600. The monoisotopic (exact) mass is 263 g/mol. The molecule has 0 spiro atoms. The van der Waals surface area contributed by atoms with Crippen LogP contribution >= 0.6 is 0 Å². The normalized spacial score (nSPS) is 10.3. The molecule has 19 heavy (non-hydrogen) atoms. The number of hydrogen-bond acceptors (Lipinski definition) is 3. The van der Waals surface area contributed by atoms with E-state index >= 15 is 0 Å². The zero-order valence-electron chi connectivity index (χ0n) is 12.3. The molecule has 4 heteroatoms. The van der Waals surface area contributed by atoms with Crippen molar-refractivity contribution in [1.82, 2.24) is 9.88 Å². The van der Waals surface area contributed by atoms with Gasteiger partial charge in [0.05, 0.1) is 11.9 Å². The molecular weight excluding hydrogens is 238 g/mol. The van der Waals surface area contributed by atoms with E-state index in [0.717, 1.165) is 38.0 Å². The number of hydrogen-bond donors (Lipinski definition) is 1. The van der Waals surface area contributed by atoms with Crippen LogP contribution in [0.3, 0.4) is 0 Å². The van der Waals surface area contributed by atoms with E-state index in [2.05, 4.69) is 24.1 Å². The minimum atomic E-state index is -0.00596. The van der Waals surface area contributed by atoms with Gasteiger partial charge in [0, 0.05) is 20.1 Å². The van der Waals surface area contributed by atoms with Crippen molar-refractivity contribution in [3.63, 3.8) is 0 Å². The molecule has 0 bridgehead atoms. The van der Waals surface area contributed by atoms with Crippen LogP contribution in [0.15, 0.2) is 18.3 Å². The average molecular weight is 263 g/mol. The van der Waals surface area contributed by atoms with Crippen molar-refractivity contribution in [2.75, 3.05) is 25.5 Å². The lowest BCUT2D eigenvalue weighted by atomic mass is 10.2. The molecule has 1 aromatic heterocycles. The summed E-state index contributed by atoms with van der Waals surface area (Å²) in [6, 6.07) is 3.71. The number of unbranched alkanes of at least 4 members (excludes halogenated alkanes) is 2. The Balaban J connectivity index is 2.52. The van der Waals surface area contributed by atoms with Crippen LogP contribution in [0.1, 0.15) is 50.0 Å². The minimum Gasteiger partial charge on any atom is -0.384 e. The van der Waals surface area contributed by atoms with Crippen LogP contribution in [-0.4, -0.2) is 35.9 Å². The topological polar surface area (TPSA) is 45.2 Å². The highest BCUT2D eigenvalue weighted by Crippen LogP contribution is 2.08. The molecule has 0 aliphatic rings. The van der Waals surface area contributed by atoms with Gasteiger partial charge in [-0.3, -0.25) is 4.79 Å². The predicted molar refractivity (Wildman–Crippen MR) is 79.5 cm³/mol. The summed E-state index contributed by atoms with van der Waals surface area (Å²) >= 11 is 0. The van der Waals surface area contributed by atoms with Gasteiger partial charge >= 0.3 is 0 Å². The maximum atomic E-state index is 12.1. The molecule has 0 saturated carbocycles. The molecule has 0 aromatic carbocycles. The van der Waals surface area contributed by atoms with Gasteiger partial charge in [0.1, 0.15) is 5.69 Å². The molecule has 0 saturated heterocycles. The molecule has 0 aliphatic carbocycles. The SMILES string of the molecule is CCCCNc1ccc(C(=O)N(C)CCCC)nc1. The number of rotatable bonds is 8. The quantitative estimate of drug-likeness (QED) is 0.733. The lowest BCUT2D eigenvalue weighted by Crippen LogP contribution is -2.28. The van der Waals surface area contributed by atoms with E-state index in [1.165, 1.54) is 6.42 Å². The first-order chi connectivity index (χ1) is 9.19. The van der Waals surface area contributed by atoms with Crippen LogP contribution < -0.4 is 5.32 Å². The second kappa shape index (κ2) is 8.51. The molecule has 0 fully saturated rings. The first-order valence-electron chi connectivity index (χ1n) is 7.14. The number of carbonyl (C=O) groups is 1. The average Bonchev–Trinajstić information content (AvgIpc) is 2.45. The molecule has 0 radical (unpaired) electrons. The van der Waals surface area contributed by atoms with Gasteiger partial charge in [0.2, 0.25) is 0 Å². The Morgan fingerprint density at radius 3 is 2.58 bits per heavy atom. The summed E-state index contributed by atoms with van der Waals surface area (Å²) < 4.78 is 0. The highest BCUT2D eigenvalue weighted by atomic mass is 16.2. The van der Waals surface area contributed by atoms with Gasteiger partial charge in [0.25, 0.3) is 5.91 Å². The van der Waals surface area contributed by atoms with Crippen molar-refractivity contribution in [3.05, 3.63) is 24.0 Å². The molecular formula is C15H25N3O. The van der Waals surface area contributed by atoms with Crippen molar-refractivity contribution in [3.8, 4) is 0 Å². The van der Waals surface area contributed by atoms with Crippen LogP contribution in [0.2, 0.25) is 0 Å². The number of nitrogens with zero attached hydrogens (tertiary/aromatic N) is 2. The summed E-state index contributed by atoms with van der Waals surface area (Å²) in [4.78, 5) is 18.0. The minimum absolute atomic E-state index is 0.00596. The summed E-state index contributed by atoms with van der Waals surface area (Å²) in [5, 5.41) is 3.29. The van der Waals surface area contributed by atoms with Gasteiger partial charge < -0.3 is 10.2 Å². The van der Waals surface area contributed by atoms with Gasteiger partial charge in [-0.1, -0.05) is 26.7 Å². The molecule has 106 valence electrons. The van der Waals surface area contributed by atoms with Crippen molar-refractivity contribution in [2.45, 2.75) is 39.5 Å². The molecule has 1 amide bonds. The molecule has 1 N–H and O–H groups in total. The van der Waals surface area contributed by atoms with E-state index in [9.17, 15) is 4.79 Å². The smallest absolute Gasteiger partial charge is 0.272 e. The van der Waals surface area contributed by atoms with Gasteiger partial charge in [-0.2, -0.15) is 0 Å². The van der Waals surface area contributed by atoms with E-state index in [1.54, 1.807) is 17.2 Å². The number of anilines is 1. The standard InChI is InChI=1S/C15H25N3O/c1-4-6-10-16-13-8-9-14(17-12-13)15(19)18(3)11-7-5-2/h8-9,12,16H,4-7,10-11H2,1-3H3. The van der Waals surface area contributed by atoms with Crippen LogP contribution in [0, 0.1) is 0 Å². The van der Waals surface area contributed by atoms with Crippen LogP contribution in [-0.2, 0) is 0 Å². The van der Waals surface area contributed by atoms with Gasteiger partial charge in [-0.25, -0.2) is 4.98 Å². The molecule has 0 aliphatic heterocycles. The largest absolute Gasteiger partial charge is 0.384 e. The lowest BCUT2D eigenvalue weighted by Gasteiger charge is -2.16. The number of aromatic nitrogens is 1. The second-order valence-corrected chi connectivity index (χ2v) is 4.79. The first kappa shape index (κ1) is 15.5. The highest BCUT2D eigenvalue weighted by molar-refractivity contribution is 5.92. The first-order valence-corrected chi connectivity index (χ1v) is 7.14. The molecule has 1 heterocycles. The highest BCUT2D eigenvalue weighted by Gasteiger charge is 2.12. The summed E-state index contributed by atoms with van der Waals surface area (Å²) in [5.41, 5.74) is 1.49. The van der Waals surface area contributed by atoms with E-state index < -0.39 is 0 Å². The Bertz CT molecular complexity index is 375. The van der Waals surface area contributed by atoms with E-state index in [1.807, 2.05) is 13.1 Å². The Morgan fingerprint density at radius 2 is 2.00 bits per heavy atom. The third-order valence-electron chi connectivity index (χ3n) is 3.04. The van der Waals surface area contributed by atoms with E-state index in [4.69, 9.17) is 0 Å². The molecule has 0 atom stereocenters. The second-order valence-electron chi connectivity index (χ2n) is 4.79. The van der Waals surface area contributed by atoms with Gasteiger partial charge in [0.15, 0.2) is 0 Å². The summed E-state index contributed by atoms with van der Waals surface area (Å²) in [5.74, 6) is -0.00596. The fourth-order valence-electron chi connectivity index (χ4n) is 1.73. The Hall–Kier alpha value is -1.58. The van der Waals surface area contributed by atoms with Crippen LogP contribution in [0.25, 0.3) is 0 Å². The van der Waals surface area contributed by atoms with Crippen LogP contribution in [0.5, 0.6) is 0 Å². The Kier molecular flexibility index (Phi) is 6.93. The zero-order valence-corrected chi connectivity index (χ0v) is 12.3. The third-order valence-corrected chi connectivity index (χ3v) is 3.04. The molecule has 1 rings (SSSR count).